The lowest BCUT2D eigenvalue weighted by Gasteiger charge is -2.33. The van der Waals surface area contributed by atoms with Gasteiger partial charge in [0.15, 0.2) is 0 Å². The van der Waals surface area contributed by atoms with E-state index >= 15 is 0 Å². The lowest BCUT2D eigenvalue weighted by molar-refractivity contribution is -0.308. The molecular formula is C19H20F6N4O4. The minimum Gasteiger partial charge on any atom is -0.426 e. The Hall–Kier alpha value is -3.06. The maximum atomic E-state index is 12.6. The highest BCUT2D eigenvalue weighted by Gasteiger charge is 2.61. The number of ether oxygens (including phenoxy) is 1. The number of nitrogens with one attached hydrogen (secondary N) is 2. The zero-order valence-corrected chi connectivity index (χ0v) is 17.2. The van der Waals surface area contributed by atoms with Gasteiger partial charge in [-0.15, -0.1) is 0 Å². The quantitative estimate of drug-likeness (QED) is 0.643. The van der Waals surface area contributed by atoms with Crippen LogP contribution in [0.2, 0.25) is 0 Å². The molecular weight excluding hydrogens is 462 g/mol. The second kappa shape index (κ2) is 8.71. The van der Waals surface area contributed by atoms with Gasteiger partial charge in [0.25, 0.3) is 12.0 Å². The normalized spacial score (nSPS) is 19.9. The van der Waals surface area contributed by atoms with E-state index in [-0.39, 0.29) is 37.5 Å². The van der Waals surface area contributed by atoms with E-state index in [1.165, 1.54) is 25.4 Å². The summed E-state index contributed by atoms with van der Waals surface area (Å²) in [5, 5.41) is 5.07. The Bertz CT molecular complexity index is 896. The fourth-order valence-corrected chi connectivity index (χ4v) is 3.86. The fourth-order valence-electron chi connectivity index (χ4n) is 3.86. The average Bonchev–Trinajstić information content (AvgIpc) is 3.44. The summed E-state index contributed by atoms with van der Waals surface area (Å²) in [7, 11) is 1.45. The molecule has 2 aliphatic rings. The second-order valence-electron chi connectivity index (χ2n) is 7.95. The zero-order chi connectivity index (χ0) is 24.6. The van der Waals surface area contributed by atoms with Gasteiger partial charge < -0.3 is 20.3 Å². The van der Waals surface area contributed by atoms with Gasteiger partial charge in [-0.3, -0.25) is 9.59 Å². The van der Waals surface area contributed by atoms with E-state index in [0.717, 1.165) is 4.90 Å². The maximum absolute atomic E-state index is 12.6. The Morgan fingerprint density at radius 3 is 2.21 bits per heavy atom. The lowest BCUT2D eigenvalue weighted by Crippen LogP contribution is -2.49. The Balaban J connectivity index is 1.52. The Labute approximate surface area is 183 Å². The van der Waals surface area contributed by atoms with E-state index in [1.54, 1.807) is 0 Å². The number of amides is 3. The minimum absolute atomic E-state index is 0.132. The number of piperidine rings is 1. The Kier molecular flexibility index (Phi) is 6.48. The van der Waals surface area contributed by atoms with Crippen molar-refractivity contribution >= 4 is 23.6 Å². The van der Waals surface area contributed by atoms with E-state index < -0.39 is 41.8 Å². The summed E-state index contributed by atoms with van der Waals surface area (Å²) in [6.45, 7) is -0.263. The Morgan fingerprint density at radius 1 is 1.12 bits per heavy atom. The van der Waals surface area contributed by atoms with Gasteiger partial charge in [0.1, 0.15) is 5.69 Å². The average molecular weight is 482 g/mol. The second-order valence-corrected chi connectivity index (χ2v) is 7.95. The number of pyridine rings is 1. The maximum Gasteiger partial charge on any atom is 0.434 e. The number of carbonyl (C=O) groups is 3. The number of likely N-dealkylation sites (tertiary alicyclic amines) is 1. The third kappa shape index (κ3) is 5.47. The monoisotopic (exact) mass is 482 g/mol. The number of anilines is 1. The first-order chi connectivity index (χ1) is 15.3. The van der Waals surface area contributed by atoms with Gasteiger partial charge >= 0.3 is 18.4 Å². The molecule has 33 heavy (non-hydrogen) atoms. The molecule has 1 aliphatic heterocycles. The smallest absolute Gasteiger partial charge is 0.426 e. The van der Waals surface area contributed by atoms with Gasteiger partial charge in [-0.1, -0.05) is 0 Å². The number of rotatable bonds is 4. The molecule has 0 bridgehead atoms. The summed E-state index contributed by atoms with van der Waals surface area (Å²) in [5.74, 6) is -1.14. The molecule has 2 N–H and O–H groups in total. The molecule has 14 heteroatoms. The highest BCUT2D eigenvalue weighted by Crippen LogP contribution is 2.59. The summed E-state index contributed by atoms with van der Waals surface area (Å²) in [6, 6.07) is 2.93. The number of hydrogen-bond acceptors (Lipinski definition) is 5. The molecule has 1 atom stereocenters. The van der Waals surface area contributed by atoms with Crippen molar-refractivity contribution in [2.24, 2.45) is 11.3 Å². The summed E-state index contributed by atoms with van der Waals surface area (Å²) in [4.78, 5) is 40.6. The molecule has 1 saturated heterocycles. The number of nitrogens with zero attached hydrogens (tertiary/aromatic N) is 2. The van der Waals surface area contributed by atoms with E-state index in [0.29, 0.717) is 12.1 Å². The molecule has 2 fully saturated rings. The molecule has 182 valence electrons. The molecule has 0 unspecified atom stereocenters. The van der Waals surface area contributed by atoms with Crippen LogP contribution in [0.1, 0.15) is 29.8 Å². The molecule has 3 amide bonds. The summed E-state index contributed by atoms with van der Waals surface area (Å²) < 4.78 is 79.3. The Morgan fingerprint density at radius 2 is 1.73 bits per heavy atom. The van der Waals surface area contributed by atoms with Gasteiger partial charge in [0.2, 0.25) is 5.91 Å². The topological polar surface area (TPSA) is 101 Å². The molecule has 1 saturated carbocycles. The van der Waals surface area contributed by atoms with Crippen molar-refractivity contribution in [3.63, 3.8) is 0 Å². The van der Waals surface area contributed by atoms with Crippen LogP contribution in [0.3, 0.4) is 0 Å². The number of carbonyl (C=O) groups excluding carboxylic acids is 3. The van der Waals surface area contributed by atoms with Crippen LogP contribution >= 0.6 is 0 Å². The van der Waals surface area contributed by atoms with Crippen molar-refractivity contribution in [3.05, 3.63) is 24.0 Å². The van der Waals surface area contributed by atoms with Crippen LogP contribution in [0.15, 0.2) is 18.3 Å². The van der Waals surface area contributed by atoms with Crippen LogP contribution in [0.5, 0.6) is 0 Å². The third-order valence-electron chi connectivity index (χ3n) is 5.83. The SMILES string of the molecule is CNC(=O)c1ccc(NC(=O)[C@H]2CC23CCN(C(=O)OC(C(F)(F)F)C(F)(F)F)CC3)cn1. The summed E-state index contributed by atoms with van der Waals surface area (Å²) >= 11 is 0. The van der Waals surface area contributed by atoms with E-state index in [2.05, 4.69) is 20.4 Å². The lowest BCUT2D eigenvalue weighted by atomic mass is 9.91. The van der Waals surface area contributed by atoms with Crippen LogP contribution in [0.4, 0.5) is 36.8 Å². The first-order valence-electron chi connectivity index (χ1n) is 9.85. The number of alkyl halides is 6. The van der Waals surface area contributed by atoms with Crippen LogP contribution in [-0.2, 0) is 9.53 Å². The first kappa shape index (κ1) is 24.6. The fraction of sp³-hybridized carbons (Fsp3) is 0.579. The van der Waals surface area contributed by atoms with Crippen molar-refractivity contribution in [2.75, 3.05) is 25.5 Å². The van der Waals surface area contributed by atoms with Gasteiger partial charge in [-0.25, -0.2) is 9.78 Å². The first-order valence-corrected chi connectivity index (χ1v) is 9.85. The largest absolute Gasteiger partial charge is 0.434 e. The highest BCUT2D eigenvalue weighted by molar-refractivity contribution is 5.96. The molecule has 8 nitrogen and oxygen atoms in total. The van der Waals surface area contributed by atoms with Crippen molar-refractivity contribution in [3.8, 4) is 0 Å². The van der Waals surface area contributed by atoms with E-state index in [1.807, 2.05) is 0 Å². The van der Waals surface area contributed by atoms with Crippen molar-refractivity contribution < 1.29 is 45.5 Å². The molecule has 0 radical (unpaired) electrons. The minimum atomic E-state index is -5.78. The highest BCUT2D eigenvalue weighted by atomic mass is 19.4. The number of halogens is 6. The van der Waals surface area contributed by atoms with Crippen LogP contribution < -0.4 is 10.6 Å². The van der Waals surface area contributed by atoms with Gasteiger partial charge in [0, 0.05) is 26.1 Å². The number of aromatic nitrogens is 1. The predicted molar refractivity (Wildman–Crippen MR) is 100.0 cm³/mol. The van der Waals surface area contributed by atoms with Crippen LogP contribution in [-0.4, -0.2) is 66.4 Å². The van der Waals surface area contributed by atoms with Gasteiger partial charge in [0.05, 0.1) is 11.9 Å². The molecule has 1 aromatic rings. The third-order valence-corrected chi connectivity index (χ3v) is 5.83. The number of hydrogen-bond donors (Lipinski definition) is 2. The summed E-state index contributed by atoms with van der Waals surface area (Å²) in [5.41, 5.74) is 0.0426. The van der Waals surface area contributed by atoms with E-state index in [9.17, 15) is 40.7 Å². The molecule has 0 aromatic carbocycles. The van der Waals surface area contributed by atoms with Gasteiger partial charge in [-0.2, -0.15) is 26.3 Å². The predicted octanol–water partition coefficient (Wildman–Crippen LogP) is 3.11. The molecule has 1 aromatic heterocycles. The molecule has 3 rings (SSSR count). The van der Waals surface area contributed by atoms with Crippen LogP contribution in [0.25, 0.3) is 0 Å². The molecule has 1 aliphatic carbocycles. The summed E-state index contributed by atoms with van der Waals surface area (Å²) in [6.07, 6.45) is -15.2. The van der Waals surface area contributed by atoms with Crippen molar-refractivity contribution in [1.29, 1.82) is 0 Å². The molecule has 2 heterocycles. The standard InChI is InChI=1S/C19H20F6N4O4/c1-26-14(31)12-3-2-10(9-27-12)28-13(30)11-8-17(11)4-6-29(7-5-17)16(32)33-15(18(20,21)22)19(23,24)25/h2-3,9,11,15H,4-8H2,1H3,(H,26,31)(H,28,30)/t11-/m1/s1. The molecule has 1 spiro atoms. The van der Waals surface area contributed by atoms with Crippen molar-refractivity contribution in [2.45, 2.75) is 37.7 Å². The zero-order valence-electron chi connectivity index (χ0n) is 17.2. The van der Waals surface area contributed by atoms with Crippen LogP contribution in [0, 0.1) is 11.3 Å². The van der Waals surface area contributed by atoms with Crippen molar-refractivity contribution in [1.82, 2.24) is 15.2 Å². The van der Waals surface area contributed by atoms with E-state index in [4.69, 9.17) is 0 Å². The van der Waals surface area contributed by atoms with Gasteiger partial charge in [-0.05, 0) is 36.8 Å².